The topological polar surface area (TPSA) is 61.7 Å². The number of nitrogens with one attached hydrogen (secondary N) is 1. The van der Waals surface area contributed by atoms with Gasteiger partial charge in [-0.2, -0.15) is 5.10 Å². The molecule has 4 nitrogen and oxygen atoms in total. The summed E-state index contributed by atoms with van der Waals surface area (Å²) >= 11 is 0. The van der Waals surface area contributed by atoms with E-state index in [-0.39, 0.29) is 17.2 Å². The minimum Gasteiger partial charge on any atom is -0.507 e. The number of carbonyl (C=O) groups excluding carboxylic acids is 1. The van der Waals surface area contributed by atoms with Crippen LogP contribution < -0.4 is 5.43 Å². The third kappa shape index (κ3) is 3.43. The lowest BCUT2D eigenvalue weighted by Crippen LogP contribution is -2.18. The lowest BCUT2D eigenvalue weighted by Gasteiger charge is -2.07. The second kappa shape index (κ2) is 6.96. The molecule has 0 bridgehead atoms. The molecule has 3 rings (SSSR count). The van der Waals surface area contributed by atoms with Gasteiger partial charge in [-0.25, -0.2) is 5.43 Å². The van der Waals surface area contributed by atoms with E-state index in [1.165, 1.54) is 0 Å². The van der Waals surface area contributed by atoms with Crippen LogP contribution in [0.15, 0.2) is 71.8 Å². The summed E-state index contributed by atoms with van der Waals surface area (Å²) in [6, 6.07) is 20.7. The molecule has 0 aliphatic heterocycles. The first-order valence-electron chi connectivity index (χ1n) is 7.75. The molecule has 0 aliphatic carbocycles. The number of rotatable bonds is 4. The molecular weight excluding hydrogens is 300 g/mol. The van der Waals surface area contributed by atoms with Crippen LogP contribution in [-0.2, 0) is 0 Å². The van der Waals surface area contributed by atoms with Crippen molar-refractivity contribution in [1.29, 1.82) is 0 Å². The van der Waals surface area contributed by atoms with Crippen molar-refractivity contribution in [2.24, 2.45) is 5.10 Å². The Hall–Kier alpha value is -3.14. The summed E-state index contributed by atoms with van der Waals surface area (Å²) in [4.78, 5) is 12.2. The largest absolute Gasteiger partial charge is 0.507 e. The smallest absolute Gasteiger partial charge is 0.275 e. The molecule has 0 fully saturated rings. The van der Waals surface area contributed by atoms with Gasteiger partial charge in [0.15, 0.2) is 0 Å². The van der Waals surface area contributed by atoms with Crippen molar-refractivity contribution in [3.63, 3.8) is 0 Å². The Labute approximate surface area is 140 Å². The van der Waals surface area contributed by atoms with E-state index in [4.69, 9.17) is 0 Å². The second-order valence-electron chi connectivity index (χ2n) is 5.63. The molecule has 24 heavy (non-hydrogen) atoms. The minimum atomic E-state index is -0.435. The highest BCUT2D eigenvalue weighted by Gasteiger charge is 2.12. The second-order valence-corrected chi connectivity index (χ2v) is 5.63. The molecule has 3 aromatic rings. The molecule has 2 N–H and O–H groups in total. The van der Waals surface area contributed by atoms with E-state index in [9.17, 15) is 9.90 Å². The van der Waals surface area contributed by atoms with Gasteiger partial charge in [-0.1, -0.05) is 61.5 Å². The molecule has 1 amide bonds. The fourth-order valence-electron chi connectivity index (χ4n) is 2.52. The standard InChI is InChI=1S/C20H18N2O2/c1-14(15-7-3-2-4-8-15)13-21-22-20(24)18-11-16-9-5-6-10-17(16)12-19(18)23/h2-14,23H,1H3,(H,22,24)/b21-13-/t14-/m1/s1. The molecule has 1 atom stereocenters. The lowest BCUT2D eigenvalue weighted by atomic mass is 10.0. The monoisotopic (exact) mass is 318 g/mol. The number of hydrazone groups is 1. The zero-order valence-electron chi connectivity index (χ0n) is 13.3. The van der Waals surface area contributed by atoms with Crippen LogP contribution in [0.1, 0.15) is 28.8 Å². The summed E-state index contributed by atoms with van der Waals surface area (Å²) in [5.41, 5.74) is 3.80. The number of hydrogen-bond acceptors (Lipinski definition) is 3. The molecule has 0 saturated heterocycles. The highest BCUT2D eigenvalue weighted by Crippen LogP contribution is 2.24. The van der Waals surface area contributed by atoms with E-state index in [1.807, 2.05) is 61.5 Å². The van der Waals surface area contributed by atoms with Crippen molar-refractivity contribution < 1.29 is 9.90 Å². The van der Waals surface area contributed by atoms with Crippen LogP contribution in [0.2, 0.25) is 0 Å². The Morgan fingerprint density at radius 1 is 1.04 bits per heavy atom. The van der Waals surface area contributed by atoms with Gasteiger partial charge in [0.2, 0.25) is 0 Å². The molecule has 0 aromatic heterocycles. The highest BCUT2D eigenvalue weighted by molar-refractivity contribution is 6.01. The Morgan fingerprint density at radius 3 is 2.38 bits per heavy atom. The van der Waals surface area contributed by atoms with E-state index < -0.39 is 5.91 Å². The first kappa shape index (κ1) is 15.7. The molecule has 0 radical (unpaired) electrons. The van der Waals surface area contributed by atoms with Gasteiger partial charge in [0, 0.05) is 12.1 Å². The zero-order valence-corrected chi connectivity index (χ0v) is 13.3. The summed E-state index contributed by atoms with van der Waals surface area (Å²) < 4.78 is 0. The minimum absolute atomic E-state index is 0.0579. The molecular formula is C20H18N2O2. The summed E-state index contributed by atoms with van der Waals surface area (Å²) in [5.74, 6) is -0.413. The number of nitrogens with zero attached hydrogens (tertiary/aromatic N) is 1. The van der Waals surface area contributed by atoms with Crippen LogP contribution in [0.3, 0.4) is 0 Å². The maximum atomic E-state index is 12.2. The first-order valence-corrected chi connectivity index (χ1v) is 7.75. The normalized spacial score (nSPS) is 12.4. The molecule has 0 spiro atoms. The number of hydrogen-bond donors (Lipinski definition) is 2. The summed E-state index contributed by atoms with van der Waals surface area (Å²) in [6.45, 7) is 2.00. The lowest BCUT2D eigenvalue weighted by molar-refractivity contribution is 0.0952. The molecule has 0 heterocycles. The maximum absolute atomic E-state index is 12.2. The number of fused-ring (bicyclic) bond motifs is 1. The van der Waals surface area contributed by atoms with E-state index in [0.29, 0.717) is 0 Å². The van der Waals surface area contributed by atoms with Gasteiger partial charge in [-0.15, -0.1) is 0 Å². The molecule has 0 unspecified atom stereocenters. The van der Waals surface area contributed by atoms with Gasteiger partial charge in [0.1, 0.15) is 5.75 Å². The van der Waals surface area contributed by atoms with Crippen LogP contribution in [0, 0.1) is 0 Å². The van der Waals surface area contributed by atoms with Crippen molar-refractivity contribution in [2.75, 3.05) is 0 Å². The highest BCUT2D eigenvalue weighted by atomic mass is 16.3. The van der Waals surface area contributed by atoms with E-state index in [1.54, 1.807) is 18.3 Å². The summed E-state index contributed by atoms with van der Waals surface area (Å²) in [7, 11) is 0. The van der Waals surface area contributed by atoms with E-state index >= 15 is 0 Å². The van der Waals surface area contributed by atoms with Gasteiger partial charge < -0.3 is 5.11 Å². The van der Waals surface area contributed by atoms with Crippen molar-refractivity contribution >= 4 is 22.9 Å². The Kier molecular flexibility index (Phi) is 4.57. The van der Waals surface area contributed by atoms with Crippen molar-refractivity contribution in [2.45, 2.75) is 12.8 Å². The van der Waals surface area contributed by atoms with Crippen molar-refractivity contribution in [3.05, 3.63) is 77.9 Å². The molecule has 120 valence electrons. The number of phenolic OH excluding ortho intramolecular Hbond substituents is 1. The number of amides is 1. The average Bonchev–Trinajstić information content (AvgIpc) is 2.61. The third-order valence-corrected chi connectivity index (χ3v) is 3.90. The van der Waals surface area contributed by atoms with Crippen LogP contribution in [0.4, 0.5) is 0 Å². The predicted molar refractivity (Wildman–Crippen MR) is 96.4 cm³/mol. The van der Waals surface area contributed by atoms with Crippen LogP contribution >= 0.6 is 0 Å². The first-order chi connectivity index (χ1) is 11.6. The molecule has 4 heteroatoms. The molecule has 0 aliphatic rings. The molecule has 3 aromatic carbocycles. The SMILES string of the molecule is C[C@H](/C=N\NC(=O)c1cc2ccccc2cc1O)c1ccccc1. The van der Waals surface area contributed by atoms with Crippen LogP contribution in [0.25, 0.3) is 10.8 Å². The van der Waals surface area contributed by atoms with Gasteiger partial charge in [0.05, 0.1) is 5.56 Å². The number of carbonyl (C=O) groups is 1. The van der Waals surface area contributed by atoms with Gasteiger partial charge in [0.25, 0.3) is 5.91 Å². The predicted octanol–water partition coefficient (Wildman–Crippen LogP) is 4.06. The maximum Gasteiger partial charge on any atom is 0.275 e. The number of aromatic hydroxyl groups is 1. The number of phenols is 1. The van der Waals surface area contributed by atoms with E-state index in [2.05, 4.69) is 10.5 Å². The Bertz CT molecular complexity index is 889. The zero-order chi connectivity index (χ0) is 16.9. The van der Waals surface area contributed by atoms with Crippen molar-refractivity contribution in [3.8, 4) is 5.75 Å². The van der Waals surface area contributed by atoms with Gasteiger partial charge >= 0.3 is 0 Å². The van der Waals surface area contributed by atoms with Gasteiger partial charge in [-0.3, -0.25) is 4.79 Å². The fourth-order valence-corrected chi connectivity index (χ4v) is 2.52. The average molecular weight is 318 g/mol. The Balaban J connectivity index is 1.73. The van der Waals surface area contributed by atoms with E-state index in [0.717, 1.165) is 16.3 Å². The van der Waals surface area contributed by atoms with Gasteiger partial charge in [-0.05, 0) is 28.5 Å². The molecule has 0 saturated carbocycles. The summed E-state index contributed by atoms with van der Waals surface area (Å²) in [5, 5.41) is 15.8. The third-order valence-electron chi connectivity index (χ3n) is 3.90. The quantitative estimate of drug-likeness (QED) is 0.563. The number of benzene rings is 3. The summed E-state index contributed by atoms with van der Waals surface area (Å²) in [6.07, 6.45) is 1.67. The van der Waals surface area contributed by atoms with Crippen LogP contribution in [0.5, 0.6) is 5.75 Å². The fraction of sp³-hybridized carbons (Fsp3) is 0.100. The van der Waals surface area contributed by atoms with Crippen molar-refractivity contribution in [1.82, 2.24) is 5.43 Å². The van der Waals surface area contributed by atoms with Crippen LogP contribution in [-0.4, -0.2) is 17.2 Å². The Morgan fingerprint density at radius 2 is 1.67 bits per heavy atom.